The largest absolute Gasteiger partial charge is 0.497 e. The van der Waals surface area contributed by atoms with Crippen LogP contribution >= 0.6 is 15.9 Å². The molecule has 0 heterocycles. The first-order valence-corrected chi connectivity index (χ1v) is 9.87. The maximum absolute atomic E-state index is 12.9. The number of benzene rings is 1. The maximum Gasteiger partial charge on any atom is 0.243 e. The fraction of sp³-hybridized carbons (Fsp3) is 0.600. The molecule has 0 spiro atoms. The van der Waals surface area contributed by atoms with Gasteiger partial charge in [0.05, 0.1) is 12.0 Å². The molecule has 2 rings (SSSR count). The molecule has 4 nitrogen and oxygen atoms in total. The molecule has 0 bridgehead atoms. The predicted octanol–water partition coefficient (Wildman–Crippen LogP) is 3.41. The average Bonchev–Trinajstić information content (AvgIpc) is 2.53. The number of hydrogen-bond donors (Lipinski definition) is 0. The first-order valence-electron chi connectivity index (χ1n) is 7.31. The molecule has 1 saturated carbocycles. The normalized spacial score (nSPS) is 17.1. The van der Waals surface area contributed by atoms with Crippen LogP contribution in [0.4, 0.5) is 0 Å². The second kappa shape index (κ2) is 7.61. The Labute approximate surface area is 135 Å². The molecule has 1 aliphatic carbocycles. The van der Waals surface area contributed by atoms with E-state index in [1.165, 1.54) is 6.42 Å². The summed E-state index contributed by atoms with van der Waals surface area (Å²) in [7, 11) is -1.87. The highest BCUT2D eigenvalue weighted by Crippen LogP contribution is 2.28. The summed E-state index contributed by atoms with van der Waals surface area (Å²) in [5.41, 5.74) is 0. The van der Waals surface area contributed by atoms with Gasteiger partial charge in [-0.3, -0.25) is 0 Å². The van der Waals surface area contributed by atoms with E-state index in [1.807, 2.05) is 0 Å². The highest BCUT2D eigenvalue weighted by molar-refractivity contribution is 9.09. The third-order valence-corrected chi connectivity index (χ3v) is 6.27. The summed E-state index contributed by atoms with van der Waals surface area (Å²) in [5.74, 6) is 0.665. The molecule has 0 amide bonds. The van der Waals surface area contributed by atoms with Crippen molar-refractivity contribution < 1.29 is 13.2 Å². The molecule has 1 fully saturated rings. The third kappa shape index (κ3) is 3.99. The van der Waals surface area contributed by atoms with Gasteiger partial charge in [-0.05, 0) is 37.1 Å². The lowest BCUT2D eigenvalue weighted by molar-refractivity contribution is 0.263. The smallest absolute Gasteiger partial charge is 0.243 e. The fourth-order valence-corrected chi connectivity index (χ4v) is 5.14. The number of rotatable bonds is 6. The Morgan fingerprint density at radius 1 is 1.19 bits per heavy atom. The van der Waals surface area contributed by atoms with Gasteiger partial charge >= 0.3 is 0 Å². The molecular weight excluding hydrogens is 354 g/mol. The average molecular weight is 376 g/mol. The second-order valence-corrected chi connectivity index (χ2v) is 7.96. The first-order chi connectivity index (χ1) is 10.1. The molecule has 1 aliphatic rings. The highest BCUT2D eigenvalue weighted by Gasteiger charge is 2.31. The summed E-state index contributed by atoms with van der Waals surface area (Å²) in [4.78, 5) is 0.342. The van der Waals surface area contributed by atoms with Crippen LogP contribution in [0, 0.1) is 0 Å². The van der Waals surface area contributed by atoms with Crippen molar-refractivity contribution in [1.29, 1.82) is 0 Å². The number of hydrogen-bond acceptors (Lipinski definition) is 3. The molecule has 6 heteroatoms. The van der Waals surface area contributed by atoms with Gasteiger partial charge in [-0.25, -0.2) is 8.42 Å². The van der Waals surface area contributed by atoms with Gasteiger partial charge in [-0.15, -0.1) is 0 Å². The molecule has 1 aromatic rings. The van der Waals surface area contributed by atoms with Gasteiger partial charge in [0.25, 0.3) is 0 Å². The molecule has 0 aromatic heterocycles. The van der Waals surface area contributed by atoms with Crippen molar-refractivity contribution in [3.05, 3.63) is 24.3 Å². The number of nitrogens with zero attached hydrogens (tertiary/aromatic N) is 1. The number of halogens is 1. The van der Waals surface area contributed by atoms with Crippen LogP contribution in [0.1, 0.15) is 32.1 Å². The van der Waals surface area contributed by atoms with Crippen LogP contribution in [-0.2, 0) is 10.0 Å². The maximum atomic E-state index is 12.9. The topological polar surface area (TPSA) is 46.6 Å². The van der Waals surface area contributed by atoms with E-state index < -0.39 is 10.0 Å². The summed E-state index contributed by atoms with van der Waals surface area (Å²) in [6, 6.07) is 6.76. The van der Waals surface area contributed by atoms with Crippen LogP contribution < -0.4 is 4.74 Å². The summed E-state index contributed by atoms with van der Waals surface area (Å²) in [6.07, 6.45) is 5.36. The number of ether oxygens (including phenoxy) is 1. The van der Waals surface area contributed by atoms with Crippen LogP contribution in [0.25, 0.3) is 0 Å². The predicted molar refractivity (Wildman–Crippen MR) is 87.6 cm³/mol. The summed E-state index contributed by atoms with van der Waals surface area (Å²) < 4.78 is 32.5. The van der Waals surface area contributed by atoms with Gasteiger partial charge in [0.1, 0.15) is 5.75 Å². The van der Waals surface area contributed by atoms with Crippen molar-refractivity contribution in [2.24, 2.45) is 0 Å². The molecular formula is C15H22BrNO3S. The lowest BCUT2D eigenvalue weighted by Crippen LogP contribution is -2.42. The number of sulfonamides is 1. The van der Waals surface area contributed by atoms with E-state index >= 15 is 0 Å². The van der Waals surface area contributed by atoms with E-state index in [9.17, 15) is 8.42 Å². The van der Waals surface area contributed by atoms with E-state index in [0.29, 0.717) is 22.5 Å². The highest BCUT2D eigenvalue weighted by atomic mass is 79.9. The van der Waals surface area contributed by atoms with E-state index in [2.05, 4.69) is 15.9 Å². The third-order valence-electron chi connectivity index (χ3n) is 3.95. The Morgan fingerprint density at radius 2 is 1.81 bits per heavy atom. The molecule has 0 radical (unpaired) electrons. The van der Waals surface area contributed by atoms with Gasteiger partial charge in [0.15, 0.2) is 0 Å². The van der Waals surface area contributed by atoms with Crippen LogP contribution in [-0.4, -0.2) is 37.7 Å². The molecule has 0 aliphatic heterocycles. The Hall–Kier alpha value is -0.590. The molecule has 118 valence electrons. The van der Waals surface area contributed by atoms with Crippen LogP contribution in [0.3, 0.4) is 0 Å². The standard InChI is InChI=1S/C15H22BrNO3S/c1-20-14-7-9-15(10-8-14)21(18,19)17(12-11-16)13-5-3-2-4-6-13/h7-10,13H,2-6,11-12H2,1H3. The lowest BCUT2D eigenvalue weighted by atomic mass is 9.95. The van der Waals surface area contributed by atoms with Gasteiger partial charge in [0.2, 0.25) is 10.0 Å². The van der Waals surface area contributed by atoms with E-state index in [-0.39, 0.29) is 6.04 Å². The molecule has 1 aromatic carbocycles. The Bertz CT molecular complexity index is 539. The monoisotopic (exact) mass is 375 g/mol. The zero-order valence-corrected chi connectivity index (χ0v) is 14.7. The van der Waals surface area contributed by atoms with Crippen molar-refractivity contribution >= 4 is 26.0 Å². The lowest BCUT2D eigenvalue weighted by Gasteiger charge is -2.33. The van der Waals surface area contributed by atoms with Gasteiger partial charge in [0, 0.05) is 17.9 Å². The summed E-state index contributed by atoms with van der Waals surface area (Å²) in [5, 5.41) is 0.652. The number of alkyl halides is 1. The SMILES string of the molecule is COc1ccc(S(=O)(=O)N(CCBr)C2CCCCC2)cc1. The van der Waals surface area contributed by atoms with Crippen LogP contribution in [0.15, 0.2) is 29.2 Å². The molecule has 0 N–H and O–H groups in total. The zero-order chi connectivity index (χ0) is 15.3. The molecule has 21 heavy (non-hydrogen) atoms. The Morgan fingerprint density at radius 3 is 2.33 bits per heavy atom. The van der Waals surface area contributed by atoms with Gasteiger partial charge in [-0.1, -0.05) is 35.2 Å². The molecule has 0 atom stereocenters. The van der Waals surface area contributed by atoms with Crippen molar-refractivity contribution in [2.75, 3.05) is 19.0 Å². The quantitative estimate of drug-likeness (QED) is 0.715. The summed E-state index contributed by atoms with van der Waals surface area (Å²) in [6.45, 7) is 0.513. The van der Waals surface area contributed by atoms with Crippen molar-refractivity contribution in [3.8, 4) is 5.75 Å². The van der Waals surface area contributed by atoms with Gasteiger partial charge < -0.3 is 4.74 Å². The van der Waals surface area contributed by atoms with Crippen LogP contribution in [0.2, 0.25) is 0 Å². The van der Waals surface area contributed by atoms with Crippen molar-refractivity contribution in [3.63, 3.8) is 0 Å². The van der Waals surface area contributed by atoms with Gasteiger partial charge in [-0.2, -0.15) is 4.31 Å². The molecule has 0 saturated heterocycles. The van der Waals surface area contributed by atoms with E-state index in [0.717, 1.165) is 25.7 Å². The minimum absolute atomic E-state index is 0.128. The second-order valence-electron chi connectivity index (χ2n) is 5.27. The minimum atomic E-state index is -3.44. The zero-order valence-electron chi connectivity index (χ0n) is 12.3. The Balaban J connectivity index is 2.27. The van der Waals surface area contributed by atoms with Crippen molar-refractivity contribution in [2.45, 2.75) is 43.0 Å². The fourth-order valence-electron chi connectivity index (χ4n) is 2.83. The summed E-state index contributed by atoms with van der Waals surface area (Å²) >= 11 is 3.38. The van der Waals surface area contributed by atoms with E-state index in [4.69, 9.17) is 4.74 Å². The first kappa shape index (κ1) is 16.8. The Kier molecular flexibility index (Phi) is 6.08. The van der Waals surface area contributed by atoms with E-state index in [1.54, 1.807) is 35.7 Å². The van der Waals surface area contributed by atoms with Crippen molar-refractivity contribution in [1.82, 2.24) is 4.31 Å². The minimum Gasteiger partial charge on any atom is -0.497 e. The van der Waals surface area contributed by atoms with Crippen LogP contribution in [0.5, 0.6) is 5.75 Å². The molecule has 0 unspecified atom stereocenters. The number of methoxy groups -OCH3 is 1.